The Hall–Kier alpha value is -1.81. The molecule has 2 heterocycles. The monoisotopic (exact) mass is 271 g/mol. The number of carbonyl (C=O) groups excluding carboxylic acids is 1. The molecule has 0 radical (unpaired) electrons. The Morgan fingerprint density at radius 1 is 1.40 bits per heavy atom. The number of hydrogen-bond acceptors (Lipinski definition) is 2. The summed E-state index contributed by atoms with van der Waals surface area (Å²) >= 11 is 0. The molecule has 1 aliphatic heterocycles. The Morgan fingerprint density at radius 2 is 2.30 bits per heavy atom. The average molecular weight is 271 g/mol. The van der Waals surface area contributed by atoms with Crippen LogP contribution < -0.4 is 5.32 Å². The average Bonchev–Trinajstić information content (AvgIpc) is 3.14. The van der Waals surface area contributed by atoms with E-state index in [4.69, 9.17) is 0 Å². The van der Waals surface area contributed by atoms with E-state index in [-0.39, 0.29) is 5.91 Å². The fourth-order valence-electron chi connectivity index (χ4n) is 3.01. The fourth-order valence-corrected chi connectivity index (χ4v) is 3.01. The van der Waals surface area contributed by atoms with Crippen molar-refractivity contribution >= 4 is 16.8 Å². The number of para-hydroxylation sites is 1. The Bertz CT molecular complexity index is 599. The summed E-state index contributed by atoms with van der Waals surface area (Å²) in [6, 6.07) is 8.25. The van der Waals surface area contributed by atoms with E-state index >= 15 is 0 Å². The van der Waals surface area contributed by atoms with Crippen LogP contribution in [0.25, 0.3) is 10.9 Å². The van der Waals surface area contributed by atoms with Crippen molar-refractivity contribution in [3.63, 3.8) is 0 Å². The van der Waals surface area contributed by atoms with Crippen molar-refractivity contribution < 1.29 is 4.79 Å². The zero-order valence-electron chi connectivity index (χ0n) is 11.9. The molecule has 1 aromatic carbocycles. The molecule has 1 amide bonds. The number of aromatic amines is 1. The molecule has 1 aliphatic rings. The maximum atomic E-state index is 12.9. The summed E-state index contributed by atoms with van der Waals surface area (Å²) in [5, 5.41) is 4.44. The van der Waals surface area contributed by atoms with Gasteiger partial charge in [-0.3, -0.25) is 4.79 Å². The molecule has 2 N–H and O–H groups in total. The van der Waals surface area contributed by atoms with Crippen LogP contribution in [0, 0.1) is 0 Å². The van der Waals surface area contributed by atoms with E-state index in [2.05, 4.69) is 17.2 Å². The van der Waals surface area contributed by atoms with Gasteiger partial charge in [-0.05, 0) is 31.5 Å². The van der Waals surface area contributed by atoms with Gasteiger partial charge >= 0.3 is 0 Å². The molecule has 0 bridgehead atoms. The van der Waals surface area contributed by atoms with E-state index < -0.39 is 0 Å². The second-order valence-electron chi connectivity index (χ2n) is 5.39. The predicted octanol–water partition coefficient (Wildman–Crippen LogP) is 2.38. The molecular formula is C16H21N3O. The third-order valence-corrected chi connectivity index (χ3v) is 4.02. The van der Waals surface area contributed by atoms with Gasteiger partial charge in [-0.1, -0.05) is 19.1 Å². The number of fused-ring (bicyclic) bond motifs is 1. The van der Waals surface area contributed by atoms with Crippen molar-refractivity contribution in [2.75, 3.05) is 19.6 Å². The highest BCUT2D eigenvalue weighted by molar-refractivity contribution is 6.05. The lowest BCUT2D eigenvalue weighted by Crippen LogP contribution is -2.42. The van der Waals surface area contributed by atoms with E-state index in [9.17, 15) is 4.79 Å². The molecule has 106 valence electrons. The van der Waals surface area contributed by atoms with Crippen molar-refractivity contribution in [1.82, 2.24) is 15.2 Å². The lowest BCUT2D eigenvalue weighted by atomic mass is 10.1. The van der Waals surface area contributed by atoms with Gasteiger partial charge < -0.3 is 15.2 Å². The molecule has 0 saturated carbocycles. The molecular weight excluding hydrogens is 250 g/mol. The zero-order chi connectivity index (χ0) is 13.9. The molecule has 20 heavy (non-hydrogen) atoms. The predicted molar refractivity (Wildman–Crippen MR) is 80.9 cm³/mol. The highest BCUT2D eigenvalue weighted by Crippen LogP contribution is 2.21. The van der Waals surface area contributed by atoms with Crippen LogP contribution in [0.5, 0.6) is 0 Å². The summed E-state index contributed by atoms with van der Waals surface area (Å²) in [5.74, 6) is 0.147. The van der Waals surface area contributed by atoms with Gasteiger partial charge in [-0.2, -0.15) is 0 Å². The number of H-pyrrole nitrogens is 1. The number of aromatic nitrogens is 1. The van der Waals surface area contributed by atoms with Crippen LogP contribution in [0.1, 0.15) is 30.1 Å². The van der Waals surface area contributed by atoms with Gasteiger partial charge in [0.1, 0.15) is 0 Å². The molecule has 1 aromatic heterocycles. The largest absolute Gasteiger partial charge is 0.361 e. The lowest BCUT2D eigenvalue weighted by molar-refractivity contribution is 0.0694. The standard InChI is InChI=1S/C16H21N3O/c1-2-10-19(13-7-8-17-11-13)16(20)14-5-3-4-12-6-9-18-15(12)14/h3-6,9,13,17-18H,2,7-8,10-11H2,1H3. The number of amides is 1. The maximum Gasteiger partial charge on any atom is 0.256 e. The molecule has 2 aromatic rings. The Kier molecular flexibility index (Phi) is 3.74. The first-order chi connectivity index (χ1) is 9.81. The maximum absolute atomic E-state index is 12.9. The summed E-state index contributed by atoms with van der Waals surface area (Å²) in [6.45, 7) is 4.86. The van der Waals surface area contributed by atoms with E-state index in [0.717, 1.165) is 48.9 Å². The van der Waals surface area contributed by atoms with Crippen LogP contribution in [-0.2, 0) is 0 Å². The highest BCUT2D eigenvalue weighted by atomic mass is 16.2. The SMILES string of the molecule is CCCN(C(=O)c1cccc2cc[nH]c12)C1CCNC1. The quantitative estimate of drug-likeness (QED) is 0.897. The third-order valence-electron chi connectivity index (χ3n) is 4.02. The van der Waals surface area contributed by atoms with Crippen molar-refractivity contribution in [1.29, 1.82) is 0 Å². The first kappa shape index (κ1) is 13.2. The van der Waals surface area contributed by atoms with E-state index in [1.54, 1.807) is 0 Å². The van der Waals surface area contributed by atoms with Gasteiger partial charge in [0.05, 0.1) is 11.1 Å². The van der Waals surface area contributed by atoms with Gasteiger partial charge in [-0.25, -0.2) is 0 Å². The van der Waals surface area contributed by atoms with Gasteiger partial charge in [0.15, 0.2) is 0 Å². The van der Waals surface area contributed by atoms with Crippen LogP contribution in [0.3, 0.4) is 0 Å². The number of nitrogens with zero attached hydrogens (tertiary/aromatic N) is 1. The third kappa shape index (κ3) is 2.31. The van der Waals surface area contributed by atoms with Gasteiger partial charge in [0, 0.05) is 30.7 Å². The molecule has 4 nitrogen and oxygen atoms in total. The topological polar surface area (TPSA) is 48.1 Å². The minimum absolute atomic E-state index is 0.147. The summed E-state index contributed by atoms with van der Waals surface area (Å²) < 4.78 is 0. The molecule has 3 rings (SSSR count). The van der Waals surface area contributed by atoms with Gasteiger partial charge in [-0.15, -0.1) is 0 Å². The van der Waals surface area contributed by atoms with Crippen LogP contribution in [0.4, 0.5) is 0 Å². The van der Waals surface area contributed by atoms with Crippen molar-refractivity contribution in [2.24, 2.45) is 0 Å². The number of benzene rings is 1. The van der Waals surface area contributed by atoms with Gasteiger partial charge in [0.25, 0.3) is 5.91 Å². The van der Waals surface area contributed by atoms with Crippen molar-refractivity contribution in [3.05, 3.63) is 36.0 Å². The highest BCUT2D eigenvalue weighted by Gasteiger charge is 2.27. The van der Waals surface area contributed by atoms with Crippen LogP contribution in [0.2, 0.25) is 0 Å². The number of nitrogens with one attached hydrogen (secondary N) is 2. The van der Waals surface area contributed by atoms with Crippen molar-refractivity contribution in [2.45, 2.75) is 25.8 Å². The van der Waals surface area contributed by atoms with Crippen LogP contribution in [-0.4, -0.2) is 41.5 Å². The molecule has 1 saturated heterocycles. The summed E-state index contributed by atoms with van der Waals surface area (Å²) in [7, 11) is 0. The lowest BCUT2D eigenvalue weighted by Gasteiger charge is -2.28. The first-order valence-corrected chi connectivity index (χ1v) is 7.39. The van der Waals surface area contributed by atoms with E-state index in [1.165, 1.54) is 0 Å². The first-order valence-electron chi connectivity index (χ1n) is 7.39. The molecule has 0 spiro atoms. The minimum atomic E-state index is 0.147. The fraction of sp³-hybridized carbons (Fsp3) is 0.438. The number of rotatable bonds is 4. The Morgan fingerprint density at radius 3 is 3.05 bits per heavy atom. The molecule has 4 heteroatoms. The van der Waals surface area contributed by atoms with Gasteiger partial charge in [0.2, 0.25) is 0 Å². The molecule has 1 unspecified atom stereocenters. The molecule has 1 atom stereocenters. The zero-order valence-corrected chi connectivity index (χ0v) is 11.9. The minimum Gasteiger partial charge on any atom is -0.361 e. The number of carbonyl (C=O) groups is 1. The smallest absolute Gasteiger partial charge is 0.256 e. The van der Waals surface area contributed by atoms with Crippen LogP contribution in [0.15, 0.2) is 30.5 Å². The second-order valence-corrected chi connectivity index (χ2v) is 5.39. The van der Waals surface area contributed by atoms with Crippen LogP contribution >= 0.6 is 0 Å². The molecule has 0 aliphatic carbocycles. The van der Waals surface area contributed by atoms with Crippen molar-refractivity contribution in [3.8, 4) is 0 Å². The van der Waals surface area contributed by atoms with E-state index in [1.807, 2.05) is 35.4 Å². The van der Waals surface area contributed by atoms with E-state index in [0.29, 0.717) is 6.04 Å². The summed E-state index contributed by atoms with van der Waals surface area (Å²) in [5.41, 5.74) is 1.73. The Balaban J connectivity index is 1.94. The summed E-state index contributed by atoms with van der Waals surface area (Å²) in [4.78, 5) is 18.1. The normalized spacial score (nSPS) is 18.6. The molecule has 1 fully saturated rings. The second kappa shape index (κ2) is 5.67. The number of hydrogen-bond donors (Lipinski definition) is 2. The Labute approximate surface area is 119 Å². The summed E-state index contributed by atoms with van der Waals surface area (Å²) in [6.07, 6.45) is 3.93.